The SMILES string of the molecule is CCC(C)C(CCCN1CCOCC1)(CNC(=O)CN(CC)CC)c1cccc2ccccc12.Cl.Cl. The van der Waals surface area contributed by atoms with Gasteiger partial charge < -0.3 is 10.1 Å². The molecular formula is C29H47Cl2N3O2. The topological polar surface area (TPSA) is 44.8 Å². The molecule has 3 rings (SSSR count). The second-order valence-corrected chi connectivity index (χ2v) is 9.79. The van der Waals surface area contributed by atoms with Gasteiger partial charge in [0.15, 0.2) is 0 Å². The summed E-state index contributed by atoms with van der Waals surface area (Å²) in [4.78, 5) is 17.7. The Morgan fingerprint density at radius 1 is 1.06 bits per heavy atom. The van der Waals surface area contributed by atoms with Crippen LogP contribution in [0, 0.1) is 5.92 Å². The van der Waals surface area contributed by atoms with E-state index in [-0.39, 0.29) is 36.1 Å². The highest BCUT2D eigenvalue weighted by atomic mass is 35.5. The Balaban J connectivity index is 0.00000324. The molecule has 1 amide bonds. The molecule has 2 atom stereocenters. The van der Waals surface area contributed by atoms with Crippen molar-refractivity contribution in [3.05, 3.63) is 48.0 Å². The van der Waals surface area contributed by atoms with E-state index in [9.17, 15) is 4.79 Å². The second kappa shape index (κ2) is 16.5. The van der Waals surface area contributed by atoms with Crippen molar-refractivity contribution in [2.45, 2.75) is 52.4 Å². The van der Waals surface area contributed by atoms with Crippen molar-refractivity contribution >= 4 is 41.5 Å². The highest BCUT2D eigenvalue weighted by molar-refractivity contribution is 5.87. The van der Waals surface area contributed by atoms with Crippen LogP contribution in [-0.4, -0.2) is 74.7 Å². The molecule has 0 saturated carbocycles. The summed E-state index contributed by atoms with van der Waals surface area (Å²) < 4.78 is 5.54. The summed E-state index contributed by atoms with van der Waals surface area (Å²) >= 11 is 0. The van der Waals surface area contributed by atoms with E-state index in [4.69, 9.17) is 4.74 Å². The molecule has 2 aromatic rings. The second-order valence-electron chi connectivity index (χ2n) is 9.79. The van der Waals surface area contributed by atoms with E-state index in [1.165, 1.54) is 16.3 Å². The Hall–Kier alpha value is -1.37. The fourth-order valence-corrected chi connectivity index (χ4v) is 5.46. The minimum absolute atomic E-state index is 0. The lowest BCUT2D eigenvalue weighted by Crippen LogP contribution is -2.48. The Bertz CT molecular complexity index is 898. The third-order valence-electron chi connectivity index (χ3n) is 7.95. The third-order valence-corrected chi connectivity index (χ3v) is 7.95. The molecule has 0 aromatic heterocycles. The smallest absolute Gasteiger partial charge is 0.234 e. The molecule has 0 spiro atoms. The molecule has 0 bridgehead atoms. The van der Waals surface area contributed by atoms with Crippen molar-refractivity contribution in [3.8, 4) is 0 Å². The molecule has 1 fully saturated rings. The first-order chi connectivity index (χ1) is 16.5. The van der Waals surface area contributed by atoms with Crippen LogP contribution in [0.25, 0.3) is 10.8 Å². The van der Waals surface area contributed by atoms with Crippen molar-refractivity contribution in [1.82, 2.24) is 15.1 Å². The molecule has 204 valence electrons. The minimum Gasteiger partial charge on any atom is -0.379 e. The highest BCUT2D eigenvalue weighted by Gasteiger charge is 2.38. The first-order valence-corrected chi connectivity index (χ1v) is 13.3. The minimum atomic E-state index is -0.110. The Morgan fingerprint density at radius 2 is 1.72 bits per heavy atom. The maximum Gasteiger partial charge on any atom is 0.234 e. The van der Waals surface area contributed by atoms with E-state index in [0.29, 0.717) is 19.0 Å². The lowest BCUT2D eigenvalue weighted by molar-refractivity contribution is -0.122. The van der Waals surface area contributed by atoms with Crippen molar-refractivity contribution in [2.24, 2.45) is 5.92 Å². The molecule has 1 saturated heterocycles. The summed E-state index contributed by atoms with van der Waals surface area (Å²) in [5.74, 6) is 0.571. The molecule has 1 aliphatic heterocycles. The number of ether oxygens (including phenoxy) is 1. The summed E-state index contributed by atoms with van der Waals surface area (Å²) in [7, 11) is 0. The van der Waals surface area contributed by atoms with Crippen LogP contribution >= 0.6 is 24.8 Å². The monoisotopic (exact) mass is 539 g/mol. The van der Waals surface area contributed by atoms with Gasteiger partial charge in [-0.05, 0) is 54.7 Å². The molecular weight excluding hydrogens is 493 g/mol. The van der Waals surface area contributed by atoms with Crippen LogP contribution in [0.1, 0.15) is 52.5 Å². The number of halogens is 2. The predicted molar refractivity (Wildman–Crippen MR) is 157 cm³/mol. The molecule has 2 aromatic carbocycles. The summed E-state index contributed by atoms with van der Waals surface area (Å²) in [5, 5.41) is 5.96. The molecule has 0 aliphatic carbocycles. The van der Waals surface area contributed by atoms with Gasteiger partial charge in [0.1, 0.15) is 0 Å². The number of nitrogens with one attached hydrogen (secondary N) is 1. The van der Waals surface area contributed by atoms with Crippen LogP contribution in [0.4, 0.5) is 0 Å². The van der Waals surface area contributed by atoms with Gasteiger partial charge in [-0.2, -0.15) is 0 Å². The lowest BCUT2D eigenvalue weighted by Gasteiger charge is -2.41. The normalized spacial score (nSPS) is 16.6. The van der Waals surface area contributed by atoms with E-state index in [1.54, 1.807) is 0 Å². The molecule has 1 heterocycles. The number of nitrogens with zero attached hydrogens (tertiary/aromatic N) is 2. The first kappa shape index (κ1) is 32.7. The number of fused-ring (bicyclic) bond motifs is 1. The summed E-state index contributed by atoms with van der Waals surface area (Å²) in [6.07, 6.45) is 3.24. The largest absolute Gasteiger partial charge is 0.379 e. The van der Waals surface area contributed by atoms with Crippen LogP contribution in [0.3, 0.4) is 0 Å². The van der Waals surface area contributed by atoms with Crippen LogP contribution in [0.2, 0.25) is 0 Å². The molecule has 0 radical (unpaired) electrons. The molecule has 1 aliphatic rings. The fraction of sp³-hybridized carbons (Fsp3) is 0.621. The average Bonchev–Trinajstić information content (AvgIpc) is 2.89. The zero-order chi connectivity index (χ0) is 24.4. The number of carbonyl (C=O) groups is 1. The number of hydrogen-bond donors (Lipinski definition) is 1. The number of likely N-dealkylation sites (N-methyl/N-ethyl adjacent to an activating group) is 1. The summed E-state index contributed by atoms with van der Waals surface area (Å²) in [5.41, 5.74) is 1.27. The van der Waals surface area contributed by atoms with Crippen LogP contribution in [-0.2, 0) is 14.9 Å². The van der Waals surface area contributed by atoms with Crippen molar-refractivity contribution in [3.63, 3.8) is 0 Å². The van der Waals surface area contributed by atoms with Crippen LogP contribution in [0.5, 0.6) is 0 Å². The summed E-state index contributed by atoms with van der Waals surface area (Å²) in [6, 6.07) is 15.4. The van der Waals surface area contributed by atoms with Gasteiger partial charge in [-0.15, -0.1) is 24.8 Å². The molecule has 5 nitrogen and oxygen atoms in total. The van der Waals surface area contributed by atoms with E-state index >= 15 is 0 Å². The van der Waals surface area contributed by atoms with Gasteiger partial charge in [-0.3, -0.25) is 14.6 Å². The number of rotatable bonds is 13. The maximum absolute atomic E-state index is 13.0. The standard InChI is InChI=1S/C29H45N3O2.2ClH/c1-5-24(4)29(16-11-17-32-18-20-34-21-19-32,23-30-28(33)22-31(6-2)7-3)27-15-10-13-25-12-8-9-14-26(25)27;;/h8-10,12-15,24H,5-7,11,16-23H2,1-4H3,(H,30,33);2*1H. The van der Waals surface area contributed by atoms with Gasteiger partial charge in [-0.25, -0.2) is 0 Å². The maximum atomic E-state index is 13.0. The van der Waals surface area contributed by atoms with Gasteiger partial charge in [0.2, 0.25) is 5.91 Å². The molecule has 2 unspecified atom stereocenters. The van der Waals surface area contributed by atoms with E-state index in [2.05, 4.69) is 85.3 Å². The number of benzene rings is 2. The van der Waals surface area contributed by atoms with Crippen LogP contribution < -0.4 is 5.32 Å². The van der Waals surface area contributed by atoms with E-state index in [0.717, 1.165) is 65.2 Å². The number of amides is 1. The van der Waals surface area contributed by atoms with E-state index < -0.39 is 0 Å². The quantitative estimate of drug-likeness (QED) is 0.363. The Kier molecular flexibility index (Phi) is 14.9. The van der Waals surface area contributed by atoms with Gasteiger partial charge in [-0.1, -0.05) is 76.6 Å². The van der Waals surface area contributed by atoms with Crippen molar-refractivity contribution < 1.29 is 9.53 Å². The lowest BCUT2D eigenvalue weighted by atomic mass is 9.65. The summed E-state index contributed by atoms with van der Waals surface area (Å²) in [6.45, 7) is 16.6. The Morgan fingerprint density at radius 3 is 2.39 bits per heavy atom. The number of hydrogen-bond acceptors (Lipinski definition) is 4. The van der Waals surface area contributed by atoms with E-state index in [1.807, 2.05) is 0 Å². The zero-order valence-corrected chi connectivity index (χ0v) is 24.3. The first-order valence-electron chi connectivity index (χ1n) is 13.3. The van der Waals surface area contributed by atoms with Gasteiger partial charge >= 0.3 is 0 Å². The van der Waals surface area contributed by atoms with Gasteiger partial charge in [0.25, 0.3) is 0 Å². The predicted octanol–water partition coefficient (Wildman–Crippen LogP) is 5.54. The van der Waals surface area contributed by atoms with Crippen LogP contribution in [0.15, 0.2) is 42.5 Å². The molecule has 7 heteroatoms. The highest BCUT2D eigenvalue weighted by Crippen LogP contribution is 2.41. The zero-order valence-electron chi connectivity index (χ0n) is 22.6. The average molecular weight is 541 g/mol. The Labute approximate surface area is 231 Å². The van der Waals surface area contributed by atoms with Crippen molar-refractivity contribution in [1.29, 1.82) is 0 Å². The molecule has 1 N–H and O–H groups in total. The molecule has 36 heavy (non-hydrogen) atoms. The van der Waals surface area contributed by atoms with Crippen molar-refractivity contribution in [2.75, 3.05) is 59.0 Å². The number of carbonyl (C=O) groups excluding carboxylic acids is 1. The fourth-order valence-electron chi connectivity index (χ4n) is 5.46. The van der Waals surface area contributed by atoms with Gasteiger partial charge in [0, 0.05) is 25.0 Å². The third kappa shape index (κ3) is 8.32. The number of morpholine rings is 1. The van der Waals surface area contributed by atoms with Gasteiger partial charge in [0.05, 0.1) is 19.8 Å².